The molecule has 0 spiro atoms. The van der Waals surface area contributed by atoms with Gasteiger partial charge in [-0.25, -0.2) is 0 Å². The molecule has 22 heavy (non-hydrogen) atoms. The maximum absolute atomic E-state index is 9.73. The van der Waals surface area contributed by atoms with E-state index in [2.05, 4.69) is 8.15 Å². The first-order chi connectivity index (χ1) is 10.7. The quantitative estimate of drug-likeness (QED) is 0.621. The first-order valence-electron chi connectivity index (χ1n) is 6.69. The first-order valence-corrected chi connectivity index (χ1v) is 8.27. The molecular formula is C17H18N2NiO2. The summed E-state index contributed by atoms with van der Waals surface area (Å²) in [5, 5.41) is 20.2. The van der Waals surface area contributed by atoms with Crippen LogP contribution in [-0.4, -0.2) is 22.6 Å². The molecule has 2 aromatic carbocycles. The zero-order valence-electron chi connectivity index (χ0n) is 12.2. The van der Waals surface area contributed by atoms with Crippen molar-refractivity contribution in [3.05, 3.63) is 66.1 Å². The standard InChI is InChI=1S/2C7H6NO.C3H6.Ni/c2*8-5-6-3-1-2-4-7(6)9;1-3-2;/h2*1-5,9H;3H,1H2,2H3;/q2*-1;;+2. The topological polar surface area (TPSA) is 65.2 Å². The Morgan fingerprint density at radius 3 is 1.73 bits per heavy atom. The zero-order chi connectivity index (χ0) is 15.8. The van der Waals surface area contributed by atoms with Crippen molar-refractivity contribution in [1.82, 2.24) is 0 Å². The van der Waals surface area contributed by atoms with E-state index in [0.717, 1.165) is 0 Å². The van der Waals surface area contributed by atoms with Crippen molar-refractivity contribution in [3.63, 3.8) is 0 Å². The van der Waals surface area contributed by atoms with E-state index in [0.29, 0.717) is 16.5 Å². The van der Waals surface area contributed by atoms with Gasteiger partial charge in [0.05, 0.1) is 0 Å². The fourth-order valence-electron chi connectivity index (χ4n) is 1.58. The second-order valence-electron chi connectivity index (χ2n) is 4.34. The van der Waals surface area contributed by atoms with E-state index in [9.17, 15) is 10.2 Å². The summed E-state index contributed by atoms with van der Waals surface area (Å²) in [5.41, 5.74) is 1.33. The molecule has 0 heterocycles. The zero-order valence-corrected chi connectivity index (χ0v) is 13.2. The molecule has 0 saturated heterocycles. The normalized spacial score (nSPS) is 12.1. The molecule has 0 fully saturated rings. The van der Waals surface area contributed by atoms with Crippen LogP contribution in [0, 0.1) is 6.42 Å². The number of aromatic hydroxyl groups is 2. The Balaban J connectivity index is 2.13. The molecule has 1 radical (unpaired) electrons. The summed E-state index contributed by atoms with van der Waals surface area (Å²) in [4.78, 5) is 0. The summed E-state index contributed by atoms with van der Waals surface area (Å²) in [6.45, 7) is 1.95. The Hall–Kier alpha value is -2.13. The summed E-state index contributed by atoms with van der Waals surface area (Å²) in [7, 11) is 0. The van der Waals surface area contributed by atoms with Crippen molar-refractivity contribution >= 4 is 12.4 Å². The van der Waals surface area contributed by atoms with E-state index in [1.54, 1.807) is 48.8 Å². The van der Waals surface area contributed by atoms with Gasteiger partial charge < -0.3 is 0 Å². The van der Waals surface area contributed by atoms with Gasteiger partial charge >= 0.3 is 135 Å². The van der Waals surface area contributed by atoms with Crippen LogP contribution in [0.15, 0.2) is 56.7 Å². The monoisotopic (exact) mass is 340 g/mol. The van der Waals surface area contributed by atoms with E-state index in [1.165, 1.54) is 0 Å². The van der Waals surface area contributed by atoms with Gasteiger partial charge in [0.2, 0.25) is 0 Å². The van der Waals surface area contributed by atoms with Gasteiger partial charge in [0, 0.05) is 0 Å². The van der Waals surface area contributed by atoms with Crippen molar-refractivity contribution in [3.8, 4) is 11.5 Å². The summed E-state index contributed by atoms with van der Waals surface area (Å²) in [6.07, 6.45) is 5.27. The Morgan fingerprint density at radius 2 is 1.32 bits per heavy atom. The molecule has 0 aliphatic rings. The summed E-state index contributed by atoms with van der Waals surface area (Å²) < 4.78 is 8.87. The molecule has 0 saturated carbocycles. The fourth-order valence-corrected chi connectivity index (χ4v) is 2.78. The van der Waals surface area contributed by atoms with E-state index in [-0.39, 0.29) is 11.5 Å². The summed E-state index contributed by atoms with van der Waals surface area (Å²) in [6, 6.07) is 14.1. The predicted octanol–water partition coefficient (Wildman–Crippen LogP) is 3.73. The van der Waals surface area contributed by atoms with Crippen molar-refractivity contribution in [2.75, 3.05) is 0 Å². The third-order valence-corrected chi connectivity index (χ3v) is 4.27. The molecule has 0 atom stereocenters. The molecule has 4 nitrogen and oxygen atoms in total. The van der Waals surface area contributed by atoms with Gasteiger partial charge in [-0.15, -0.1) is 0 Å². The van der Waals surface area contributed by atoms with Gasteiger partial charge in [-0.3, -0.25) is 0 Å². The third kappa shape index (κ3) is 4.71. The molecule has 0 unspecified atom stereocenters. The predicted molar refractivity (Wildman–Crippen MR) is 86.2 cm³/mol. The van der Waals surface area contributed by atoms with E-state index < -0.39 is 13.8 Å². The van der Waals surface area contributed by atoms with Crippen LogP contribution in [0.2, 0.25) is 5.39 Å². The Labute approximate surface area is 134 Å². The number of para-hydroxylation sites is 2. The molecule has 118 valence electrons. The summed E-state index contributed by atoms with van der Waals surface area (Å²) in [5.74, 6) is 0.393. The molecule has 0 bridgehead atoms. The van der Waals surface area contributed by atoms with Crippen LogP contribution < -0.4 is 0 Å². The first kappa shape index (κ1) is 16.2. The third-order valence-electron chi connectivity index (χ3n) is 2.67. The van der Waals surface area contributed by atoms with Gasteiger partial charge in [0.25, 0.3) is 0 Å². The average molecular weight is 341 g/mol. The molecule has 5 heteroatoms. The SMILES string of the molecule is C[CH][CH2][Ni]([N]=Cc1ccccc1O)[N]=Cc1ccccc1O. The van der Waals surface area contributed by atoms with Gasteiger partial charge in [0.15, 0.2) is 0 Å². The fraction of sp³-hybridized carbons (Fsp3) is 0.118. The van der Waals surface area contributed by atoms with Crippen LogP contribution in [0.4, 0.5) is 0 Å². The molecule has 0 aromatic heterocycles. The van der Waals surface area contributed by atoms with Crippen molar-refractivity contribution < 1.29 is 24.1 Å². The number of hydrogen-bond acceptors (Lipinski definition) is 4. The average Bonchev–Trinajstić information content (AvgIpc) is 2.53. The number of rotatable bonds is 6. The number of phenols is 2. The van der Waals surface area contributed by atoms with E-state index in [1.807, 2.05) is 25.5 Å². The Bertz CT molecular complexity index is 616. The van der Waals surface area contributed by atoms with Crippen LogP contribution in [0.1, 0.15) is 18.1 Å². The Morgan fingerprint density at radius 1 is 0.864 bits per heavy atom. The number of benzene rings is 2. The van der Waals surface area contributed by atoms with Crippen LogP contribution in [-0.2, 0) is 13.8 Å². The van der Waals surface area contributed by atoms with Gasteiger partial charge in [-0.05, 0) is 0 Å². The summed E-state index contributed by atoms with van der Waals surface area (Å²) >= 11 is -0.727. The molecule has 2 rings (SSSR count). The van der Waals surface area contributed by atoms with Gasteiger partial charge in [-0.1, -0.05) is 0 Å². The van der Waals surface area contributed by atoms with Crippen LogP contribution in [0.3, 0.4) is 0 Å². The van der Waals surface area contributed by atoms with Gasteiger partial charge in [-0.2, -0.15) is 0 Å². The van der Waals surface area contributed by atoms with Crippen molar-refractivity contribution in [2.24, 2.45) is 8.15 Å². The minimum atomic E-state index is -0.727. The van der Waals surface area contributed by atoms with Crippen LogP contribution in [0.25, 0.3) is 0 Å². The molecule has 2 aromatic rings. The van der Waals surface area contributed by atoms with Crippen molar-refractivity contribution in [1.29, 1.82) is 0 Å². The van der Waals surface area contributed by atoms with Crippen LogP contribution >= 0.6 is 0 Å². The van der Waals surface area contributed by atoms with Gasteiger partial charge in [0.1, 0.15) is 0 Å². The second kappa shape index (κ2) is 8.35. The number of nitrogens with zero attached hydrogens (tertiary/aromatic N) is 2. The molecule has 0 aliphatic carbocycles. The Kier molecular flexibility index (Phi) is 6.17. The molecule has 0 amide bonds. The van der Waals surface area contributed by atoms with E-state index in [4.69, 9.17) is 0 Å². The minimum absolute atomic E-state index is 0.197. The molecule has 0 aliphatic heterocycles. The number of phenolic OH excluding ortho intramolecular Hbond substituents is 2. The van der Waals surface area contributed by atoms with E-state index >= 15 is 0 Å². The number of hydrogen-bond donors (Lipinski definition) is 2. The molecule has 2 N–H and O–H groups in total. The molecular weight excluding hydrogens is 323 g/mol. The maximum atomic E-state index is 9.73. The van der Waals surface area contributed by atoms with Crippen molar-refractivity contribution in [2.45, 2.75) is 12.3 Å². The second-order valence-corrected chi connectivity index (χ2v) is 6.08. The van der Waals surface area contributed by atoms with Crippen LogP contribution in [0.5, 0.6) is 11.5 Å².